The van der Waals surface area contributed by atoms with E-state index in [0.717, 1.165) is 11.3 Å². The van der Waals surface area contributed by atoms with Crippen LogP contribution in [0.15, 0.2) is 30.3 Å². The van der Waals surface area contributed by atoms with Gasteiger partial charge in [0.05, 0.1) is 12.7 Å². The van der Waals surface area contributed by atoms with Crippen molar-refractivity contribution in [3.05, 3.63) is 35.9 Å². The second kappa shape index (κ2) is 7.50. The second-order valence-electron chi connectivity index (χ2n) is 3.90. The first-order valence-corrected chi connectivity index (χ1v) is 5.99. The lowest BCUT2D eigenvalue weighted by Gasteiger charge is -2.06. The van der Waals surface area contributed by atoms with E-state index in [9.17, 15) is 4.79 Å². The van der Waals surface area contributed by atoms with Gasteiger partial charge in [-0.15, -0.1) is 0 Å². The van der Waals surface area contributed by atoms with Gasteiger partial charge in [0.25, 0.3) is 0 Å². The van der Waals surface area contributed by atoms with Crippen LogP contribution in [0.25, 0.3) is 6.08 Å². The molecule has 4 heteroatoms. The molecule has 2 N–H and O–H groups in total. The monoisotopic (exact) mass is 249 g/mol. The number of nitrogens with one attached hydrogen (secondary N) is 1. The molecule has 1 rings (SSSR count). The van der Waals surface area contributed by atoms with Gasteiger partial charge in [0, 0.05) is 18.2 Å². The number of hydrogen-bond donors (Lipinski definition) is 2. The molecule has 18 heavy (non-hydrogen) atoms. The van der Waals surface area contributed by atoms with E-state index in [4.69, 9.17) is 9.84 Å². The number of amides is 1. The lowest BCUT2D eigenvalue weighted by molar-refractivity contribution is -0.116. The zero-order chi connectivity index (χ0) is 13.4. The number of rotatable bonds is 6. The Balaban J connectivity index is 2.63. The first-order chi connectivity index (χ1) is 8.63. The van der Waals surface area contributed by atoms with E-state index in [2.05, 4.69) is 5.32 Å². The van der Waals surface area contributed by atoms with Gasteiger partial charge in [0.2, 0.25) is 5.91 Å². The van der Waals surface area contributed by atoms with Crippen LogP contribution in [0.3, 0.4) is 0 Å². The molecule has 0 aliphatic heterocycles. The van der Waals surface area contributed by atoms with Crippen LogP contribution in [-0.4, -0.2) is 30.3 Å². The molecule has 0 fully saturated rings. The second-order valence-corrected chi connectivity index (χ2v) is 3.90. The standard InChI is InChI=1S/C14H19NO3/c1-3-18-13-7-5-4-6-12(13)8-9-14(17)15-10-11(2)16/h4-9,11,16H,3,10H2,1-2H3,(H,15,17)/b9-8+/t11-/m1/s1. The zero-order valence-corrected chi connectivity index (χ0v) is 10.7. The third-order valence-electron chi connectivity index (χ3n) is 2.20. The topological polar surface area (TPSA) is 58.6 Å². The maximum Gasteiger partial charge on any atom is 0.244 e. The maximum absolute atomic E-state index is 11.4. The van der Waals surface area contributed by atoms with E-state index < -0.39 is 6.10 Å². The van der Waals surface area contributed by atoms with Crippen molar-refractivity contribution in [3.63, 3.8) is 0 Å². The highest BCUT2D eigenvalue weighted by molar-refractivity contribution is 5.92. The maximum atomic E-state index is 11.4. The summed E-state index contributed by atoms with van der Waals surface area (Å²) in [6, 6.07) is 7.51. The van der Waals surface area contributed by atoms with Gasteiger partial charge in [0.15, 0.2) is 0 Å². The Bertz CT molecular complexity index is 413. The average molecular weight is 249 g/mol. The first-order valence-electron chi connectivity index (χ1n) is 5.99. The Labute approximate surface area is 107 Å². The van der Waals surface area contributed by atoms with Crippen molar-refractivity contribution in [1.82, 2.24) is 5.32 Å². The summed E-state index contributed by atoms with van der Waals surface area (Å²) in [6.07, 6.45) is 2.58. The molecule has 4 nitrogen and oxygen atoms in total. The van der Waals surface area contributed by atoms with Gasteiger partial charge in [-0.25, -0.2) is 0 Å². The molecule has 0 bridgehead atoms. The van der Waals surface area contributed by atoms with Crippen molar-refractivity contribution in [3.8, 4) is 5.75 Å². The lowest BCUT2D eigenvalue weighted by atomic mass is 10.2. The van der Waals surface area contributed by atoms with Gasteiger partial charge in [-0.1, -0.05) is 18.2 Å². The molecule has 1 aromatic carbocycles. The summed E-state index contributed by atoms with van der Waals surface area (Å²) < 4.78 is 5.44. The van der Waals surface area contributed by atoms with Crippen LogP contribution >= 0.6 is 0 Å². The molecular weight excluding hydrogens is 230 g/mol. The first kappa shape index (κ1) is 14.3. The SMILES string of the molecule is CCOc1ccccc1/C=C/C(=O)NC[C@@H](C)O. The van der Waals surface area contributed by atoms with E-state index in [1.807, 2.05) is 31.2 Å². The summed E-state index contributed by atoms with van der Waals surface area (Å²) in [5.41, 5.74) is 0.853. The number of carbonyl (C=O) groups excluding carboxylic acids is 1. The molecule has 1 amide bonds. The van der Waals surface area contributed by atoms with Crippen LogP contribution in [0.2, 0.25) is 0 Å². The molecule has 0 unspecified atom stereocenters. The largest absolute Gasteiger partial charge is 0.493 e. The summed E-state index contributed by atoms with van der Waals surface area (Å²) in [5.74, 6) is 0.516. The van der Waals surface area contributed by atoms with Crippen LogP contribution in [0.4, 0.5) is 0 Å². The molecule has 1 aromatic rings. The molecule has 0 saturated carbocycles. The summed E-state index contributed by atoms with van der Waals surface area (Å²) in [4.78, 5) is 11.4. The number of para-hydroxylation sites is 1. The minimum Gasteiger partial charge on any atom is -0.493 e. The Morgan fingerprint density at radius 3 is 2.89 bits per heavy atom. The van der Waals surface area contributed by atoms with Crippen LogP contribution in [0, 0.1) is 0 Å². The molecule has 0 heterocycles. The van der Waals surface area contributed by atoms with Crippen molar-refractivity contribution in [2.75, 3.05) is 13.2 Å². The quantitative estimate of drug-likeness (QED) is 0.753. The number of ether oxygens (including phenoxy) is 1. The van der Waals surface area contributed by atoms with E-state index in [-0.39, 0.29) is 12.5 Å². The predicted molar refractivity (Wildman–Crippen MR) is 71.3 cm³/mol. The molecule has 0 saturated heterocycles. The van der Waals surface area contributed by atoms with Gasteiger partial charge in [0.1, 0.15) is 5.75 Å². The number of hydrogen-bond acceptors (Lipinski definition) is 3. The fraction of sp³-hybridized carbons (Fsp3) is 0.357. The van der Waals surface area contributed by atoms with E-state index in [0.29, 0.717) is 6.61 Å². The van der Waals surface area contributed by atoms with Crippen LogP contribution < -0.4 is 10.1 Å². The Morgan fingerprint density at radius 2 is 2.22 bits per heavy atom. The van der Waals surface area contributed by atoms with E-state index in [1.54, 1.807) is 13.0 Å². The minimum atomic E-state index is -0.543. The lowest BCUT2D eigenvalue weighted by Crippen LogP contribution is -2.28. The van der Waals surface area contributed by atoms with Crippen LogP contribution in [-0.2, 0) is 4.79 Å². The van der Waals surface area contributed by atoms with Gasteiger partial charge in [-0.3, -0.25) is 4.79 Å². The Kier molecular flexibility index (Phi) is 5.94. The highest BCUT2D eigenvalue weighted by Crippen LogP contribution is 2.19. The molecule has 98 valence electrons. The molecule has 0 aliphatic rings. The third kappa shape index (κ3) is 5.01. The number of benzene rings is 1. The zero-order valence-electron chi connectivity index (χ0n) is 10.7. The number of aliphatic hydroxyl groups excluding tert-OH is 1. The fourth-order valence-corrected chi connectivity index (χ4v) is 1.38. The van der Waals surface area contributed by atoms with Crippen LogP contribution in [0.1, 0.15) is 19.4 Å². The molecule has 0 aromatic heterocycles. The third-order valence-corrected chi connectivity index (χ3v) is 2.20. The Morgan fingerprint density at radius 1 is 1.50 bits per heavy atom. The molecule has 0 spiro atoms. The fourth-order valence-electron chi connectivity index (χ4n) is 1.38. The van der Waals surface area contributed by atoms with Crippen LogP contribution in [0.5, 0.6) is 5.75 Å². The van der Waals surface area contributed by atoms with Crippen molar-refractivity contribution in [1.29, 1.82) is 0 Å². The predicted octanol–water partition coefficient (Wildman–Crippen LogP) is 1.60. The van der Waals surface area contributed by atoms with Crippen molar-refractivity contribution in [2.45, 2.75) is 20.0 Å². The van der Waals surface area contributed by atoms with Gasteiger partial charge < -0.3 is 15.2 Å². The van der Waals surface area contributed by atoms with Gasteiger partial charge >= 0.3 is 0 Å². The molecule has 0 radical (unpaired) electrons. The molecule has 1 atom stereocenters. The van der Waals surface area contributed by atoms with Gasteiger partial charge in [-0.05, 0) is 26.0 Å². The normalized spacial score (nSPS) is 12.4. The smallest absolute Gasteiger partial charge is 0.244 e. The minimum absolute atomic E-state index is 0.234. The Hall–Kier alpha value is -1.81. The summed E-state index contributed by atoms with van der Waals surface area (Å²) in [7, 11) is 0. The summed E-state index contributed by atoms with van der Waals surface area (Å²) in [6.45, 7) is 4.36. The van der Waals surface area contributed by atoms with Crippen molar-refractivity contribution in [2.24, 2.45) is 0 Å². The highest BCUT2D eigenvalue weighted by Gasteiger charge is 2.01. The highest BCUT2D eigenvalue weighted by atomic mass is 16.5. The molecule has 0 aliphatic carbocycles. The summed E-state index contributed by atoms with van der Waals surface area (Å²) in [5, 5.41) is 11.6. The van der Waals surface area contributed by atoms with Crippen molar-refractivity contribution < 1.29 is 14.6 Å². The van der Waals surface area contributed by atoms with Crippen molar-refractivity contribution >= 4 is 12.0 Å². The molecular formula is C14H19NO3. The van der Waals surface area contributed by atoms with Gasteiger partial charge in [-0.2, -0.15) is 0 Å². The van der Waals surface area contributed by atoms with E-state index in [1.165, 1.54) is 6.08 Å². The number of carbonyl (C=O) groups is 1. The number of aliphatic hydroxyl groups is 1. The van der Waals surface area contributed by atoms with E-state index >= 15 is 0 Å². The summed E-state index contributed by atoms with van der Waals surface area (Å²) >= 11 is 0. The average Bonchev–Trinajstić information content (AvgIpc) is 2.35.